The highest BCUT2D eigenvalue weighted by Crippen LogP contribution is 2.59. The number of likely N-dealkylation sites (N-methyl/N-ethyl adjacent to an activating group) is 1. The molecule has 0 amide bonds. The van der Waals surface area contributed by atoms with Crippen LogP contribution >= 0.6 is 0 Å². The lowest BCUT2D eigenvalue weighted by Gasteiger charge is -2.17. The fraction of sp³-hybridized carbons (Fsp3) is 0.412. The Balaban J connectivity index is 0.000000127. The summed E-state index contributed by atoms with van der Waals surface area (Å²) in [5, 5.41) is 8.71. The van der Waals surface area contributed by atoms with Crippen LogP contribution in [0.5, 0.6) is 11.5 Å². The molecule has 0 aromatic heterocycles. The Morgan fingerprint density at radius 1 is 0.789 bits per heavy atom. The minimum Gasteiger partial charge on any atom is -0.497 e. The lowest BCUT2D eigenvalue weighted by atomic mass is 9.93. The average Bonchev–Trinajstić information content (AvgIpc) is 3.74. The topological polar surface area (TPSA) is 33.7 Å². The lowest BCUT2D eigenvalue weighted by molar-refractivity contribution is 0.341. The van der Waals surface area contributed by atoms with Crippen LogP contribution < -0.4 is 14.8 Å². The van der Waals surface area contributed by atoms with Crippen molar-refractivity contribution < 1.29 is 9.47 Å². The highest BCUT2D eigenvalue weighted by atomic mass is 16.5. The van der Waals surface area contributed by atoms with Crippen molar-refractivity contribution in [3.8, 4) is 11.5 Å². The number of methoxy groups -OCH3 is 1. The van der Waals surface area contributed by atoms with E-state index in [0.717, 1.165) is 36.5 Å². The molecule has 2 heterocycles. The van der Waals surface area contributed by atoms with E-state index in [1.54, 1.807) is 7.11 Å². The van der Waals surface area contributed by atoms with Crippen molar-refractivity contribution in [2.75, 3.05) is 46.9 Å². The normalized spacial score (nSPS) is 28.9. The summed E-state index contributed by atoms with van der Waals surface area (Å²) in [5.74, 6) is 3.65. The molecule has 38 heavy (non-hydrogen) atoms. The second-order valence-electron chi connectivity index (χ2n) is 12.0. The molecule has 2 saturated heterocycles. The number of piperidine rings is 2. The SMILES string of the molecule is CCOc1ccc2cc(C34CNCC3C4)ccc2c1.COc1ccc2cc(C34CC3CN(C)C4)ccc2c1. The van der Waals surface area contributed by atoms with Gasteiger partial charge in [0.2, 0.25) is 0 Å². The van der Waals surface area contributed by atoms with Crippen LogP contribution in [0.4, 0.5) is 0 Å². The third-order valence-corrected chi connectivity index (χ3v) is 9.70. The van der Waals surface area contributed by atoms with Gasteiger partial charge >= 0.3 is 0 Å². The van der Waals surface area contributed by atoms with Gasteiger partial charge in [0.1, 0.15) is 11.5 Å². The molecule has 4 aliphatic rings. The fourth-order valence-electron chi connectivity index (χ4n) is 7.42. The number of rotatable bonds is 5. The number of nitrogens with one attached hydrogen (secondary N) is 1. The first-order chi connectivity index (χ1) is 18.5. The van der Waals surface area contributed by atoms with Crippen molar-refractivity contribution in [1.29, 1.82) is 0 Å². The van der Waals surface area contributed by atoms with Gasteiger partial charge in [-0.1, -0.05) is 48.5 Å². The third kappa shape index (κ3) is 3.97. The Bertz CT molecular complexity index is 1520. The molecule has 4 nitrogen and oxygen atoms in total. The van der Waals surface area contributed by atoms with Crippen LogP contribution in [0, 0.1) is 11.8 Å². The highest BCUT2D eigenvalue weighted by molar-refractivity contribution is 5.86. The van der Waals surface area contributed by atoms with Gasteiger partial charge in [-0.2, -0.15) is 0 Å². The summed E-state index contributed by atoms with van der Waals surface area (Å²) in [7, 11) is 3.96. The van der Waals surface area contributed by atoms with Gasteiger partial charge < -0.3 is 19.7 Å². The fourth-order valence-corrected chi connectivity index (χ4v) is 7.42. The molecule has 8 rings (SSSR count). The van der Waals surface area contributed by atoms with Crippen molar-refractivity contribution in [2.24, 2.45) is 11.8 Å². The molecule has 2 aliphatic carbocycles. The smallest absolute Gasteiger partial charge is 0.119 e. The maximum Gasteiger partial charge on any atom is 0.119 e. The van der Waals surface area contributed by atoms with E-state index in [4.69, 9.17) is 9.47 Å². The largest absolute Gasteiger partial charge is 0.497 e. The zero-order chi connectivity index (χ0) is 25.9. The first kappa shape index (κ1) is 24.0. The summed E-state index contributed by atoms with van der Waals surface area (Å²) < 4.78 is 10.8. The zero-order valence-corrected chi connectivity index (χ0v) is 22.8. The van der Waals surface area contributed by atoms with Crippen LogP contribution in [-0.4, -0.2) is 51.8 Å². The van der Waals surface area contributed by atoms with Crippen molar-refractivity contribution in [1.82, 2.24) is 10.2 Å². The number of hydrogen-bond donors (Lipinski definition) is 1. The van der Waals surface area contributed by atoms with Gasteiger partial charge in [0, 0.05) is 30.5 Å². The number of likely N-dealkylation sites (tertiary alicyclic amines) is 1. The van der Waals surface area contributed by atoms with E-state index in [0.29, 0.717) is 10.8 Å². The lowest BCUT2D eigenvalue weighted by Crippen LogP contribution is -2.22. The van der Waals surface area contributed by atoms with Crippen LogP contribution in [0.2, 0.25) is 0 Å². The van der Waals surface area contributed by atoms with Gasteiger partial charge in [0.25, 0.3) is 0 Å². The van der Waals surface area contributed by atoms with E-state index in [9.17, 15) is 0 Å². The second kappa shape index (κ2) is 9.00. The number of hydrogen-bond acceptors (Lipinski definition) is 4. The summed E-state index contributed by atoms with van der Waals surface area (Å²) in [6.45, 7) is 7.58. The Hall–Kier alpha value is -3.08. The molecule has 0 spiro atoms. The standard InChI is InChI=1S/2C17H19NO/c1-18-10-15-9-17(15,11-18)14-5-3-13-8-16(19-2)6-4-12(13)7-14;1-2-19-16-6-4-12-7-14(5-3-13(12)8-16)17-9-15(17)10-18-11-17/h3-8,15H,9-11H2,1-2H3;3-8,15,18H,2,9-11H2,1H3. The van der Waals surface area contributed by atoms with Gasteiger partial charge in [0.15, 0.2) is 0 Å². The Labute approximate surface area is 225 Å². The molecule has 2 aliphatic heterocycles. The summed E-state index contributed by atoms with van der Waals surface area (Å²) in [4.78, 5) is 2.46. The molecule has 4 aromatic carbocycles. The van der Waals surface area contributed by atoms with Crippen LogP contribution in [0.15, 0.2) is 72.8 Å². The van der Waals surface area contributed by atoms with Crippen LogP contribution in [-0.2, 0) is 10.8 Å². The van der Waals surface area contributed by atoms with Gasteiger partial charge in [-0.25, -0.2) is 0 Å². The van der Waals surface area contributed by atoms with E-state index in [-0.39, 0.29) is 0 Å². The molecule has 1 N–H and O–H groups in total. The predicted octanol–water partition coefficient (Wildman–Crippen LogP) is 6.15. The van der Waals surface area contributed by atoms with Crippen molar-refractivity contribution in [2.45, 2.75) is 30.6 Å². The monoisotopic (exact) mass is 506 g/mol. The van der Waals surface area contributed by atoms with Gasteiger partial charge in [-0.15, -0.1) is 0 Å². The first-order valence-electron chi connectivity index (χ1n) is 14.2. The molecule has 4 unspecified atom stereocenters. The van der Waals surface area contributed by atoms with E-state index < -0.39 is 0 Å². The number of fused-ring (bicyclic) bond motifs is 4. The molecule has 196 valence electrons. The van der Waals surface area contributed by atoms with Gasteiger partial charge in [-0.3, -0.25) is 0 Å². The highest BCUT2D eigenvalue weighted by Gasteiger charge is 2.60. The Morgan fingerprint density at radius 2 is 1.39 bits per heavy atom. The van der Waals surface area contributed by atoms with Crippen molar-refractivity contribution in [3.63, 3.8) is 0 Å². The molecule has 4 fully saturated rings. The van der Waals surface area contributed by atoms with Crippen molar-refractivity contribution >= 4 is 21.5 Å². The van der Waals surface area contributed by atoms with Gasteiger partial charge in [0.05, 0.1) is 13.7 Å². The molecule has 4 heteroatoms. The van der Waals surface area contributed by atoms with E-state index in [1.165, 1.54) is 65.1 Å². The first-order valence-corrected chi connectivity index (χ1v) is 14.2. The molecular formula is C34H38N2O2. The molecule has 4 atom stereocenters. The van der Waals surface area contributed by atoms with Crippen LogP contribution in [0.25, 0.3) is 21.5 Å². The predicted molar refractivity (Wildman–Crippen MR) is 156 cm³/mol. The minimum atomic E-state index is 0.451. The number of benzene rings is 4. The molecule has 0 radical (unpaired) electrons. The summed E-state index contributed by atoms with van der Waals surface area (Å²) in [6.07, 6.45) is 2.74. The Morgan fingerprint density at radius 3 is 1.97 bits per heavy atom. The summed E-state index contributed by atoms with van der Waals surface area (Å²) in [5.41, 5.74) is 3.95. The summed E-state index contributed by atoms with van der Waals surface area (Å²) in [6, 6.07) is 26.6. The molecule has 2 saturated carbocycles. The quantitative estimate of drug-likeness (QED) is 0.352. The number of nitrogens with zero attached hydrogens (tertiary/aromatic N) is 1. The maximum atomic E-state index is 5.56. The minimum absolute atomic E-state index is 0.451. The maximum absolute atomic E-state index is 5.56. The average molecular weight is 507 g/mol. The van der Waals surface area contributed by atoms with Crippen LogP contribution in [0.1, 0.15) is 30.9 Å². The Kier molecular flexibility index (Phi) is 5.68. The third-order valence-electron chi connectivity index (χ3n) is 9.70. The van der Waals surface area contributed by atoms with E-state index in [1.807, 2.05) is 6.92 Å². The summed E-state index contributed by atoms with van der Waals surface area (Å²) >= 11 is 0. The zero-order valence-electron chi connectivity index (χ0n) is 22.8. The molecule has 0 bridgehead atoms. The molecular weight excluding hydrogens is 468 g/mol. The van der Waals surface area contributed by atoms with Crippen LogP contribution in [0.3, 0.4) is 0 Å². The number of ether oxygens (including phenoxy) is 2. The second-order valence-corrected chi connectivity index (χ2v) is 12.0. The van der Waals surface area contributed by atoms with Crippen molar-refractivity contribution in [3.05, 3.63) is 83.9 Å². The molecule has 4 aromatic rings. The van der Waals surface area contributed by atoms with Gasteiger partial charge in [-0.05, 0) is 102 Å². The van der Waals surface area contributed by atoms with E-state index in [2.05, 4.69) is 90.1 Å². The van der Waals surface area contributed by atoms with E-state index >= 15 is 0 Å².